The van der Waals surface area contributed by atoms with Gasteiger partial charge in [0.2, 0.25) is 0 Å². The quantitative estimate of drug-likeness (QED) is 0.806. The molecular formula is C16H28N4O. The van der Waals surface area contributed by atoms with Crippen molar-refractivity contribution in [3.63, 3.8) is 0 Å². The SMILES string of the molecule is CCCNc1cc(NC2CCCC(C)C2)nc(COC)n1. The van der Waals surface area contributed by atoms with Gasteiger partial charge in [-0.25, -0.2) is 9.97 Å². The smallest absolute Gasteiger partial charge is 0.158 e. The van der Waals surface area contributed by atoms with Gasteiger partial charge in [-0.05, 0) is 25.2 Å². The third-order valence-electron chi connectivity index (χ3n) is 3.89. The summed E-state index contributed by atoms with van der Waals surface area (Å²) in [5.41, 5.74) is 0. The van der Waals surface area contributed by atoms with Crippen molar-refractivity contribution in [2.45, 2.75) is 58.6 Å². The largest absolute Gasteiger partial charge is 0.377 e. The zero-order valence-electron chi connectivity index (χ0n) is 13.5. The minimum Gasteiger partial charge on any atom is -0.377 e. The lowest BCUT2D eigenvalue weighted by atomic mass is 9.87. The Balaban J connectivity index is 2.06. The molecule has 1 aromatic rings. The Morgan fingerprint density at radius 3 is 2.81 bits per heavy atom. The first-order valence-corrected chi connectivity index (χ1v) is 8.08. The summed E-state index contributed by atoms with van der Waals surface area (Å²) in [6, 6.07) is 2.53. The fraction of sp³-hybridized carbons (Fsp3) is 0.750. The second-order valence-electron chi connectivity index (χ2n) is 6.03. The first-order valence-electron chi connectivity index (χ1n) is 8.08. The van der Waals surface area contributed by atoms with Crippen molar-refractivity contribution in [2.24, 2.45) is 5.92 Å². The molecule has 118 valence electrons. The topological polar surface area (TPSA) is 59.1 Å². The van der Waals surface area contributed by atoms with Crippen LogP contribution in [0.4, 0.5) is 11.6 Å². The van der Waals surface area contributed by atoms with Crippen LogP contribution in [0.15, 0.2) is 6.07 Å². The minimum atomic E-state index is 0.442. The van der Waals surface area contributed by atoms with Crippen LogP contribution in [0, 0.1) is 5.92 Å². The third-order valence-corrected chi connectivity index (χ3v) is 3.89. The predicted molar refractivity (Wildman–Crippen MR) is 86.6 cm³/mol. The molecule has 1 fully saturated rings. The van der Waals surface area contributed by atoms with Crippen LogP contribution >= 0.6 is 0 Å². The van der Waals surface area contributed by atoms with E-state index in [1.165, 1.54) is 25.7 Å². The second-order valence-corrected chi connectivity index (χ2v) is 6.03. The molecule has 0 amide bonds. The maximum Gasteiger partial charge on any atom is 0.158 e. The van der Waals surface area contributed by atoms with E-state index >= 15 is 0 Å². The summed E-state index contributed by atoms with van der Waals surface area (Å²) >= 11 is 0. The summed E-state index contributed by atoms with van der Waals surface area (Å²) in [6.07, 6.45) is 6.18. The highest BCUT2D eigenvalue weighted by Crippen LogP contribution is 2.26. The van der Waals surface area contributed by atoms with Crippen LogP contribution in [0.2, 0.25) is 0 Å². The van der Waals surface area contributed by atoms with Gasteiger partial charge in [0.15, 0.2) is 5.82 Å². The van der Waals surface area contributed by atoms with E-state index < -0.39 is 0 Å². The monoisotopic (exact) mass is 292 g/mol. The normalized spacial score (nSPS) is 22.0. The standard InChI is InChI=1S/C16H28N4O/c1-4-8-17-14-10-15(20-16(19-14)11-21-3)18-13-7-5-6-12(2)9-13/h10,12-13H,4-9,11H2,1-3H3,(H2,17,18,19,20). The van der Waals surface area contributed by atoms with Crippen molar-refractivity contribution in [2.75, 3.05) is 24.3 Å². The lowest BCUT2D eigenvalue weighted by Gasteiger charge is -2.28. The molecule has 0 bridgehead atoms. The van der Waals surface area contributed by atoms with Crippen LogP contribution in [0.25, 0.3) is 0 Å². The average Bonchev–Trinajstić information content (AvgIpc) is 2.45. The van der Waals surface area contributed by atoms with Crippen LogP contribution in [0.3, 0.4) is 0 Å². The molecule has 0 radical (unpaired) electrons. The first-order chi connectivity index (χ1) is 10.2. The van der Waals surface area contributed by atoms with Crippen LogP contribution in [0.1, 0.15) is 51.8 Å². The van der Waals surface area contributed by atoms with E-state index in [4.69, 9.17) is 4.74 Å². The van der Waals surface area contributed by atoms with E-state index in [2.05, 4.69) is 34.4 Å². The van der Waals surface area contributed by atoms with Gasteiger partial charge in [0, 0.05) is 25.8 Å². The van der Waals surface area contributed by atoms with E-state index in [0.717, 1.165) is 36.3 Å². The minimum absolute atomic E-state index is 0.442. The molecule has 5 nitrogen and oxygen atoms in total. The summed E-state index contributed by atoms with van der Waals surface area (Å²) in [5.74, 6) is 3.32. The second kappa shape index (κ2) is 8.17. The number of nitrogens with zero attached hydrogens (tertiary/aromatic N) is 2. The van der Waals surface area contributed by atoms with E-state index in [-0.39, 0.29) is 0 Å². The molecular weight excluding hydrogens is 264 g/mol. The zero-order chi connectivity index (χ0) is 15.1. The summed E-state index contributed by atoms with van der Waals surface area (Å²) in [6.45, 7) is 5.84. The molecule has 2 atom stereocenters. The summed E-state index contributed by atoms with van der Waals surface area (Å²) in [5, 5.41) is 6.91. The molecule has 1 saturated carbocycles. The van der Waals surface area contributed by atoms with E-state index in [9.17, 15) is 0 Å². The van der Waals surface area contributed by atoms with Crippen LogP contribution in [-0.2, 0) is 11.3 Å². The van der Waals surface area contributed by atoms with Crippen molar-refractivity contribution in [1.82, 2.24) is 9.97 Å². The fourth-order valence-corrected chi connectivity index (χ4v) is 2.88. The summed E-state index contributed by atoms with van der Waals surface area (Å²) in [4.78, 5) is 9.04. The van der Waals surface area contributed by atoms with E-state index in [1.54, 1.807) is 7.11 Å². The van der Waals surface area contributed by atoms with Crippen molar-refractivity contribution in [3.05, 3.63) is 11.9 Å². The first kappa shape index (κ1) is 16.0. The Kier molecular flexibility index (Phi) is 6.23. The van der Waals surface area contributed by atoms with Crippen molar-refractivity contribution >= 4 is 11.6 Å². The van der Waals surface area contributed by atoms with Crippen LogP contribution in [-0.4, -0.2) is 29.7 Å². The van der Waals surface area contributed by atoms with Gasteiger partial charge in [-0.15, -0.1) is 0 Å². The van der Waals surface area contributed by atoms with Gasteiger partial charge in [-0.1, -0.05) is 26.7 Å². The molecule has 0 aromatic carbocycles. The Labute approximate surface area is 127 Å². The number of anilines is 2. The Morgan fingerprint density at radius 1 is 1.29 bits per heavy atom. The molecule has 21 heavy (non-hydrogen) atoms. The lowest BCUT2D eigenvalue weighted by molar-refractivity contribution is 0.178. The summed E-state index contributed by atoms with van der Waals surface area (Å²) in [7, 11) is 1.67. The number of rotatable bonds is 7. The van der Waals surface area contributed by atoms with Gasteiger partial charge in [0.1, 0.15) is 18.2 Å². The molecule has 1 aliphatic carbocycles. The third kappa shape index (κ3) is 5.16. The molecule has 2 rings (SSSR count). The Hall–Kier alpha value is -1.36. The lowest BCUT2D eigenvalue weighted by Crippen LogP contribution is -2.27. The summed E-state index contributed by atoms with van der Waals surface area (Å²) < 4.78 is 5.17. The fourth-order valence-electron chi connectivity index (χ4n) is 2.88. The number of hydrogen-bond acceptors (Lipinski definition) is 5. The van der Waals surface area contributed by atoms with E-state index in [0.29, 0.717) is 12.6 Å². The van der Waals surface area contributed by atoms with Gasteiger partial charge >= 0.3 is 0 Å². The average molecular weight is 292 g/mol. The van der Waals surface area contributed by atoms with Crippen molar-refractivity contribution in [3.8, 4) is 0 Å². The molecule has 5 heteroatoms. The van der Waals surface area contributed by atoms with E-state index in [1.807, 2.05) is 6.07 Å². The predicted octanol–water partition coefficient (Wildman–Crippen LogP) is 3.44. The number of nitrogens with one attached hydrogen (secondary N) is 2. The van der Waals surface area contributed by atoms with Gasteiger partial charge in [0.05, 0.1) is 0 Å². The highest BCUT2D eigenvalue weighted by molar-refractivity contribution is 5.48. The van der Waals surface area contributed by atoms with Crippen molar-refractivity contribution < 1.29 is 4.74 Å². The Morgan fingerprint density at radius 2 is 2.10 bits per heavy atom. The van der Waals surface area contributed by atoms with Crippen molar-refractivity contribution in [1.29, 1.82) is 0 Å². The zero-order valence-corrected chi connectivity index (χ0v) is 13.5. The molecule has 2 N–H and O–H groups in total. The van der Waals surface area contributed by atoms with Gasteiger partial charge in [0.25, 0.3) is 0 Å². The molecule has 0 saturated heterocycles. The molecule has 0 spiro atoms. The number of methoxy groups -OCH3 is 1. The highest BCUT2D eigenvalue weighted by Gasteiger charge is 2.19. The Bertz CT molecular complexity index is 438. The highest BCUT2D eigenvalue weighted by atomic mass is 16.5. The maximum absolute atomic E-state index is 5.17. The molecule has 2 unspecified atom stereocenters. The number of ether oxygens (including phenoxy) is 1. The molecule has 0 aliphatic heterocycles. The van der Waals surface area contributed by atoms with Gasteiger partial charge < -0.3 is 15.4 Å². The maximum atomic E-state index is 5.17. The molecule has 1 heterocycles. The van der Waals surface area contributed by atoms with Gasteiger partial charge in [-0.3, -0.25) is 0 Å². The van der Waals surface area contributed by atoms with Crippen LogP contribution in [0.5, 0.6) is 0 Å². The van der Waals surface area contributed by atoms with Crippen LogP contribution < -0.4 is 10.6 Å². The molecule has 1 aromatic heterocycles. The number of aromatic nitrogens is 2. The molecule has 1 aliphatic rings. The number of hydrogen-bond donors (Lipinski definition) is 2. The van der Waals surface area contributed by atoms with Gasteiger partial charge in [-0.2, -0.15) is 0 Å².